The number of hydrogen-bond acceptors (Lipinski definition) is 4. The van der Waals surface area contributed by atoms with Crippen molar-refractivity contribution in [3.63, 3.8) is 0 Å². The van der Waals surface area contributed by atoms with E-state index in [4.69, 9.17) is 16.6 Å². The van der Waals surface area contributed by atoms with Gasteiger partial charge in [-0.25, -0.2) is 4.98 Å². The molecule has 0 aromatic carbocycles. The minimum atomic E-state index is 0.0342. The van der Waals surface area contributed by atoms with E-state index in [9.17, 15) is 0 Å². The number of alkyl halides is 1. The Morgan fingerprint density at radius 1 is 1.39 bits per heavy atom. The fourth-order valence-electron chi connectivity index (χ4n) is 2.32. The number of rotatable bonds is 3. The minimum Gasteiger partial charge on any atom is -0.344 e. The van der Waals surface area contributed by atoms with Gasteiger partial charge in [-0.15, -0.1) is 11.6 Å². The molecule has 2 rings (SSSR count). The molecule has 1 aromatic rings. The maximum atomic E-state index is 5.91. The molecule has 0 bridgehead atoms. The molecule has 5 heteroatoms. The molecule has 0 saturated carbocycles. The summed E-state index contributed by atoms with van der Waals surface area (Å²) >= 11 is 7.44. The number of hydrogen-bond donors (Lipinski definition) is 0. The summed E-state index contributed by atoms with van der Waals surface area (Å²) in [6.45, 7) is 7.57. The molecule has 3 nitrogen and oxygen atoms in total. The zero-order valence-corrected chi connectivity index (χ0v) is 13.0. The first kappa shape index (κ1) is 14.1. The van der Waals surface area contributed by atoms with Crippen LogP contribution in [0.3, 0.4) is 0 Å². The van der Waals surface area contributed by atoms with Crippen molar-refractivity contribution in [2.24, 2.45) is 0 Å². The molecule has 0 aliphatic carbocycles. The average molecular weight is 288 g/mol. The summed E-state index contributed by atoms with van der Waals surface area (Å²) in [4.78, 5) is 7.14. The summed E-state index contributed by atoms with van der Waals surface area (Å²) < 4.78 is 4.51. The summed E-state index contributed by atoms with van der Waals surface area (Å²) in [5.74, 6) is 1.68. The van der Waals surface area contributed by atoms with Crippen molar-refractivity contribution in [1.29, 1.82) is 0 Å². The van der Waals surface area contributed by atoms with Gasteiger partial charge in [-0.1, -0.05) is 20.8 Å². The van der Waals surface area contributed by atoms with Crippen molar-refractivity contribution in [3.8, 4) is 0 Å². The number of nitrogens with zero attached hydrogens (tertiary/aromatic N) is 3. The van der Waals surface area contributed by atoms with Crippen LogP contribution in [0.1, 0.15) is 52.3 Å². The van der Waals surface area contributed by atoms with Crippen molar-refractivity contribution in [1.82, 2.24) is 9.36 Å². The van der Waals surface area contributed by atoms with Crippen molar-refractivity contribution in [2.45, 2.75) is 57.9 Å². The van der Waals surface area contributed by atoms with Gasteiger partial charge in [-0.2, -0.15) is 4.37 Å². The number of piperidine rings is 1. The zero-order valence-electron chi connectivity index (χ0n) is 11.4. The zero-order chi connectivity index (χ0) is 13.2. The Bertz CT molecular complexity index is 384. The molecule has 1 aliphatic rings. The molecule has 0 spiro atoms. The van der Waals surface area contributed by atoms with E-state index in [1.807, 2.05) is 0 Å². The van der Waals surface area contributed by atoms with Gasteiger partial charge in [0.05, 0.1) is 0 Å². The number of aromatic nitrogens is 2. The minimum absolute atomic E-state index is 0.0342. The van der Waals surface area contributed by atoms with Crippen LogP contribution in [0.25, 0.3) is 0 Å². The Morgan fingerprint density at radius 2 is 2.17 bits per heavy atom. The first-order chi connectivity index (χ1) is 8.52. The van der Waals surface area contributed by atoms with E-state index in [-0.39, 0.29) is 5.41 Å². The standard InChI is InChI=1S/C13H22ClN3S/c1-13(2,3)11-15-12(18-16-11)17-9-5-4-6-10(17)7-8-14/h10H,4-9H2,1-3H3. The highest BCUT2D eigenvalue weighted by Crippen LogP contribution is 2.30. The largest absolute Gasteiger partial charge is 0.344 e. The van der Waals surface area contributed by atoms with Gasteiger partial charge < -0.3 is 4.90 Å². The molecular formula is C13H22ClN3S. The maximum absolute atomic E-state index is 5.91. The van der Waals surface area contributed by atoms with Gasteiger partial charge in [-0.05, 0) is 25.7 Å². The van der Waals surface area contributed by atoms with Crippen molar-refractivity contribution in [3.05, 3.63) is 5.82 Å². The van der Waals surface area contributed by atoms with Gasteiger partial charge in [0.1, 0.15) is 5.82 Å². The Balaban J connectivity index is 2.15. The lowest BCUT2D eigenvalue weighted by molar-refractivity contribution is 0.449. The van der Waals surface area contributed by atoms with Crippen LogP contribution in [-0.4, -0.2) is 27.8 Å². The topological polar surface area (TPSA) is 29.0 Å². The van der Waals surface area contributed by atoms with E-state index in [1.165, 1.54) is 30.8 Å². The fraction of sp³-hybridized carbons (Fsp3) is 0.846. The summed E-state index contributed by atoms with van der Waals surface area (Å²) in [6, 6.07) is 0.553. The van der Waals surface area contributed by atoms with E-state index < -0.39 is 0 Å². The molecule has 1 aliphatic heterocycles. The van der Waals surface area contributed by atoms with Crippen molar-refractivity contribution >= 4 is 28.3 Å². The molecule has 0 radical (unpaired) electrons. The summed E-state index contributed by atoms with van der Waals surface area (Å²) in [5.41, 5.74) is 0.0342. The Hall–Kier alpha value is -0.350. The summed E-state index contributed by atoms with van der Waals surface area (Å²) in [6.07, 6.45) is 4.84. The third-order valence-corrected chi connectivity index (χ3v) is 4.37. The summed E-state index contributed by atoms with van der Waals surface area (Å²) in [7, 11) is 0. The van der Waals surface area contributed by atoms with Crippen molar-refractivity contribution in [2.75, 3.05) is 17.3 Å². The lowest BCUT2D eigenvalue weighted by Gasteiger charge is -2.35. The van der Waals surface area contributed by atoms with Crippen LogP contribution < -0.4 is 4.90 Å². The van der Waals surface area contributed by atoms with E-state index in [2.05, 4.69) is 30.0 Å². The van der Waals surface area contributed by atoms with Crippen LogP contribution in [0.15, 0.2) is 0 Å². The van der Waals surface area contributed by atoms with Crippen LogP contribution in [-0.2, 0) is 5.41 Å². The molecule has 1 fully saturated rings. The van der Waals surface area contributed by atoms with Crippen LogP contribution in [0.4, 0.5) is 5.13 Å². The molecule has 102 valence electrons. The third kappa shape index (κ3) is 3.15. The van der Waals surface area contributed by atoms with E-state index in [0.717, 1.165) is 29.8 Å². The van der Waals surface area contributed by atoms with E-state index >= 15 is 0 Å². The predicted octanol–water partition coefficient (Wildman–Crippen LogP) is 3.82. The molecule has 1 saturated heterocycles. The molecule has 1 atom stereocenters. The van der Waals surface area contributed by atoms with E-state index in [0.29, 0.717) is 6.04 Å². The third-order valence-electron chi connectivity index (χ3n) is 3.40. The Morgan fingerprint density at radius 3 is 2.78 bits per heavy atom. The molecular weight excluding hydrogens is 266 g/mol. The highest BCUT2D eigenvalue weighted by Gasteiger charge is 2.27. The lowest BCUT2D eigenvalue weighted by atomic mass is 9.96. The summed E-state index contributed by atoms with van der Waals surface area (Å²) in [5, 5.41) is 1.08. The second-order valence-corrected chi connectivity index (χ2v) is 7.08. The highest BCUT2D eigenvalue weighted by molar-refractivity contribution is 7.09. The van der Waals surface area contributed by atoms with Gasteiger partial charge in [-0.3, -0.25) is 0 Å². The second-order valence-electron chi connectivity index (χ2n) is 5.97. The molecule has 0 N–H and O–H groups in total. The van der Waals surface area contributed by atoms with Gasteiger partial charge in [0.2, 0.25) is 5.13 Å². The van der Waals surface area contributed by atoms with Crippen molar-refractivity contribution < 1.29 is 0 Å². The SMILES string of the molecule is CC(C)(C)c1nsc(N2CCCCC2CCCl)n1. The van der Waals surface area contributed by atoms with Crippen LogP contribution in [0.2, 0.25) is 0 Å². The van der Waals surface area contributed by atoms with Crippen LogP contribution >= 0.6 is 23.1 Å². The molecule has 2 heterocycles. The van der Waals surface area contributed by atoms with Gasteiger partial charge in [0.25, 0.3) is 0 Å². The van der Waals surface area contributed by atoms with E-state index in [1.54, 1.807) is 0 Å². The Labute approximate surface area is 119 Å². The molecule has 1 aromatic heterocycles. The number of halogens is 1. The molecule has 18 heavy (non-hydrogen) atoms. The first-order valence-corrected chi connectivity index (χ1v) is 8.00. The smallest absolute Gasteiger partial charge is 0.205 e. The van der Waals surface area contributed by atoms with Crippen LogP contribution in [0.5, 0.6) is 0 Å². The molecule has 1 unspecified atom stereocenters. The second kappa shape index (κ2) is 5.74. The normalized spacial score (nSPS) is 21.3. The van der Waals surface area contributed by atoms with Crippen LogP contribution in [0, 0.1) is 0 Å². The average Bonchev–Trinajstić information content (AvgIpc) is 2.79. The lowest BCUT2D eigenvalue weighted by Crippen LogP contribution is -2.39. The highest BCUT2D eigenvalue weighted by atomic mass is 35.5. The van der Waals surface area contributed by atoms with Gasteiger partial charge in [0, 0.05) is 35.4 Å². The first-order valence-electron chi connectivity index (χ1n) is 6.69. The van der Waals surface area contributed by atoms with Gasteiger partial charge >= 0.3 is 0 Å². The monoisotopic (exact) mass is 287 g/mol. The number of anilines is 1. The molecule has 0 amide bonds. The predicted molar refractivity (Wildman–Crippen MR) is 78.9 cm³/mol. The quantitative estimate of drug-likeness (QED) is 0.791. The van der Waals surface area contributed by atoms with Gasteiger partial charge in [0.15, 0.2) is 0 Å². The Kier molecular flexibility index (Phi) is 4.49. The maximum Gasteiger partial charge on any atom is 0.205 e. The fourth-order valence-corrected chi connectivity index (χ4v) is 3.52.